The summed E-state index contributed by atoms with van der Waals surface area (Å²) in [5, 5.41) is 11.1. The van der Waals surface area contributed by atoms with Crippen molar-refractivity contribution in [2.45, 2.75) is 32.4 Å². The number of hydrogen-bond acceptors (Lipinski definition) is 5. The van der Waals surface area contributed by atoms with Crippen molar-refractivity contribution in [3.05, 3.63) is 90.0 Å². The van der Waals surface area contributed by atoms with Crippen molar-refractivity contribution in [2.24, 2.45) is 0 Å². The molecule has 0 spiro atoms. The third-order valence-electron chi connectivity index (χ3n) is 5.63. The number of ketones is 1. The zero-order valence-corrected chi connectivity index (χ0v) is 18.6. The molecule has 1 fully saturated rings. The topological polar surface area (TPSA) is 84.7 Å². The van der Waals surface area contributed by atoms with E-state index in [1.54, 1.807) is 41.7 Å². The second-order valence-corrected chi connectivity index (χ2v) is 7.93. The van der Waals surface area contributed by atoms with E-state index in [2.05, 4.69) is 4.98 Å². The number of rotatable bonds is 9. The van der Waals surface area contributed by atoms with E-state index in [9.17, 15) is 14.7 Å². The first kappa shape index (κ1) is 22.3. The quantitative estimate of drug-likeness (QED) is 0.303. The van der Waals surface area contributed by atoms with Crippen LogP contribution in [0.15, 0.2) is 78.9 Å². The molecule has 1 unspecified atom stereocenters. The normalized spacial score (nSPS) is 17.5. The number of amides is 1. The van der Waals surface area contributed by atoms with Crippen molar-refractivity contribution in [1.82, 2.24) is 14.5 Å². The minimum absolute atomic E-state index is 0.107. The smallest absolute Gasteiger partial charge is 0.295 e. The van der Waals surface area contributed by atoms with Gasteiger partial charge in [0, 0.05) is 31.0 Å². The van der Waals surface area contributed by atoms with Crippen LogP contribution in [0, 0.1) is 0 Å². The largest absolute Gasteiger partial charge is 0.507 e. The van der Waals surface area contributed by atoms with Gasteiger partial charge >= 0.3 is 0 Å². The lowest BCUT2D eigenvalue weighted by molar-refractivity contribution is -0.139. The number of aromatic nitrogens is 2. The second-order valence-electron chi connectivity index (χ2n) is 7.93. The van der Waals surface area contributed by atoms with E-state index in [0.717, 1.165) is 12.0 Å². The van der Waals surface area contributed by atoms with Gasteiger partial charge in [-0.15, -0.1) is 0 Å². The van der Waals surface area contributed by atoms with Crippen LogP contribution in [0.5, 0.6) is 5.75 Å². The van der Waals surface area contributed by atoms with Crippen LogP contribution in [0.1, 0.15) is 36.9 Å². The SMILES string of the molecule is CCCOc1ccc(/C(O)=C2\C(=O)C(=O)N(CCCn3ccnc3)C2c2ccccc2)cc1. The fourth-order valence-corrected chi connectivity index (χ4v) is 4.02. The number of ether oxygens (including phenoxy) is 1. The molecule has 7 nitrogen and oxygen atoms in total. The van der Waals surface area contributed by atoms with Crippen molar-refractivity contribution in [3.8, 4) is 5.75 Å². The van der Waals surface area contributed by atoms with Crippen molar-refractivity contribution >= 4 is 17.4 Å². The highest BCUT2D eigenvalue weighted by Crippen LogP contribution is 2.39. The van der Waals surface area contributed by atoms with Gasteiger partial charge in [0.2, 0.25) is 0 Å². The molecule has 1 aromatic heterocycles. The van der Waals surface area contributed by atoms with Gasteiger partial charge in [0.25, 0.3) is 11.7 Å². The molecule has 2 heterocycles. The number of hydrogen-bond donors (Lipinski definition) is 1. The third-order valence-corrected chi connectivity index (χ3v) is 5.63. The average molecular weight is 446 g/mol. The Bertz CT molecular complexity index is 1120. The van der Waals surface area contributed by atoms with Gasteiger partial charge in [-0.2, -0.15) is 0 Å². The third kappa shape index (κ3) is 4.82. The summed E-state index contributed by atoms with van der Waals surface area (Å²) in [7, 11) is 0. The maximum atomic E-state index is 13.1. The van der Waals surface area contributed by atoms with Gasteiger partial charge in [0.15, 0.2) is 0 Å². The van der Waals surface area contributed by atoms with E-state index in [1.165, 1.54) is 0 Å². The van der Waals surface area contributed by atoms with Gasteiger partial charge < -0.3 is 19.3 Å². The number of likely N-dealkylation sites (tertiary alicyclic amines) is 1. The minimum atomic E-state index is -0.671. The van der Waals surface area contributed by atoms with Crippen molar-refractivity contribution < 1.29 is 19.4 Å². The van der Waals surface area contributed by atoms with Crippen LogP contribution in [0.2, 0.25) is 0 Å². The summed E-state index contributed by atoms with van der Waals surface area (Å²) in [6.45, 7) is 3.67. The number of benzene rings is 2. The van der Waals surface area contributed by atoms with Crippen LogP contribution in [-0.4, -0.2) is 44.4 Å². The molecule has 1 saturated heterocycles. The van der Waals surface area contributed by atoms with E-state index in [-0.39, 0.29) is 11.3 Å². The number of aliphatic hydroxyl groups excluding tert-OH is 1. The number of carbonyl (C=O) groups excluding carboxylic acids is 2. The lowest BCUT2D eigenvalue weighted by Gasteiger charge is -2.25. The predicted octanol–water partition coefficient (Wildman–Crippen LogP) is 4.18. The Labute approximate surface area is 192 Å². The number of carbonyl (C=O) groups is 2. The van der Waals surface area contributed by atoms with Crippen molar-refractivity contribution in [3.63, 3.8) is 0 Å². The van der Waals surface area contributed by atoms with E-state index < -0.39 is 17.7 Å². The lowest BCUT2D eigenvalue weighted by atomic mass is 9.95. The Hall–Kier alpha value is -3.87. The fourth-order valence-electron chi connectivity index (χ4n) is 4.02. The summed E-state index contributed by atoms with van der Waals surface area (Å²) < 4.78 is 7.53. The number of aryl methyl sites for hydroxylation is 1. The Morgan fingerprint density at radius 3 is 2.48 bits per heavy atom. The predicted molar refractivity (Wildman–Crippen MR) is 125 cm³/mol. The van der Waals surface area contributed by atoms with E-state index >= 15 is 0 Å². The Kier molecular flexibility index (Phi) is 6.88. The molecule has 0 aliphatic carbocycles. The van der Waals surface area contributed by atoms with E-state index in [1.807, 2.05) is 48.0 Å². The number of Topliss-reactive ketones (excluding diaryl/α,β-unsaturated/α-hetero) is 1. The molecule has 3 aromatic rings. The lowest BCUT2D eigenvalue weighted by Crippen LogP contribution is -2.31. The molecule has 4 rings (SSSR count). The highest BCUT2D eigenvalue weighted by atomic mass is 16.5. The summed E-state index contributed by atoms with van der Waals surface area (Å²) >= 11 is 0. The maximum absolute atomic E-state index is 13.1. The van der Waals surface area contributed by atoms with Gasteiger partial charge in [0.05, 0.1) is 24.5 Å². The molecule has 1 aliphatic rings. The Balaban J connectivity index is 1.66. The molecule has 0 saturated carbocycles. The maximum Gasteiger partial charge on any atom is 0.295 e. The second kappa shape index (κ2) is 10.2. The first-order chi connectivity index (χ1) is 16.1. The zero-order valence-electron chi connectivity index (χ0n) is 18.6. The molecule has 0 radical (unpaired) electrons. The van der Waals surface area contributed by atoms with Gasteiger partial charge in [-0.05, 0) is 42.7 Å². The summed E-state index contributed by atoms with van der Waals surface area (Å²) in [4.78, 5) is 31.6. The highest BCUT2D eigenvalue weighted by Gasteiger charge is 2.45. The first-order valence-electron chi connectivity index (χ1n) is 11.1. The van der Waals surface area contributed by atoms with Crippen molar-refractivity contribution in [2.75, 3.05) is 13.2 Å². The molecule has 1 aliphatic heterocycles. The summed E-state index contributed by atoms with van der Waals surface area (Å²) in [5.74, 6) is -0.761. The fraction of sp³-hybridized carbons (Fsp3) is 0.269. The van der Waals surface area contributed by atoms with Crippen LogP contribution in [0.4, 0.5) is 0 Å². The highest BCUT2D eigenvalue weighted by molar-refractivity contribution is 6.46. The molecule has 33 heavy (non-hydrogen) atoms. The van der Waals surface area contributed by atoms with Crippen molar-refractivity contribution in [1.29, 1.82) is 0 Å². The van der Waals surface area contributed by atoms with E-state index in [4.69, 9.17) is 4.74 Å². The molecule has 1 atom stereocenters. The van der Waals surface area contributed by atoms with Crippen LogP contribution < -0.4 is 4.74 Å². The number of imidazole rings is 1. The molecule has 2 aromatic carbocycles. The number of nitrogens with zero attached hydrogens (tertiary/aromatic N) is 3. The summed E-state index contributed by atoms with van der Waals surface area (Å²) in [6, 6.07) is 15.6. The number of aliphatic hydroxyl groups is 1. The standard InChI is InChI=1S/C26H27N3O4/c1-2-17-33-21-11-9-20(10-12-21)24(30)22-23(19-7-4-3-5-8-19)29(26(32)25(22)31)15-6-14-28-16-13-27-18-28/h3-5,7-13,16,18,23,30H,2,6,14-15,17H2,1H3/b24-22+. The van der Waals surface area contributed by atoms with Gasteiger partial charge in [-0.3, -0.25) is 9.59 Å². The van der Waals surface area contributed by atoms with Gasteiger partial charge in [0.1, 0.15) is 11.5 Å². The molecular weight excluding hydrogens is 418 g/mol. The monoisotopic (exact) mass is 445 g/mol. The zero-order chi connectivity index (χ0) is 23.2. The summed E-state index contributed by atoms with van der Waals surface area (Å²) in [5.41, 5.74) is 1.36. The minimum Gasteiger partial charge on any atom is -0.507 e. The molecule has 170 valence electrons. The Morgan fingerprint density at radius 1 is 1.06 bits per heavy atom. The molecule has 1 N–H and O–H groups in total. The van der Waals surface area contributed by atoms with Crippen LogP contribution in [-0.2, 0) is 16.1 Å². The van der Waals surface area contributed by atoms with E-state index in [0.29, 0.717) is 37.4 Å². The average Bonchev–Trinajstić information content (AvgIpc) is 3.45. The summed E-state index contributed by atoms with van der Waals surface area (Å²) in [6.07, 6.45) is 6.82. The molecule has 1 amide bonds. The van der Waals surface area contributed by atoms with Crippen LogP contribution >= 0.6 is 0 Å². The Morgan fingerprint density at radius 2 is 1.82 bits per heavy atom. The van der Waals surface area contributed by atoms with Gasteiger partial charge in [-0.25, -0.2) is 4.98 Å². The first-order valence-corrected chi connectivity index (χ1v) is 11.1. The molecule has 7 heteroatoms. The molecule has 0 bridgehead atoms. The van der Waals surface area contributed by atoms with Crippen LogP contribution in [0.3, 0.4) is 0 Å². The molecular formula is C26H27N3O4. The van der Waals surface area contributed by atoms with Gasteiger partial charge in [-0.1, -0.05) is 37.3 Å². The van der Waals surface area contributed by atoms with Crippen LogP contribution in [0.25, 0.3) is 5.76 Å².